The summed E-state index contributed by atoms with van der Waals surface area (Å²) in [6, 6.07) is 11.1. The van der Waals surface area contributed by atoms with E-state index in [9.17, 15) is 14.7 Å². The number of piperidine rings is 1. The number of carbonyl (C=O) groups is 2. The molecule has 0 radical (unpaired) electrons. The first-order valence-corrected chi connectivity index (χ1v) is 9.99. The first-order valence-electron chi connectivity index (χ1n) is 9.99. The first-order chi connectivity index (χ1) is 13.9. The zero-order chi connectivity index (χ0) is 20.3. The van der Waals surface area contributed by atoms with E-state index in [1.54, 1.807) is 12.4 Å². The second-order valence-corrected chi connectivity index (χ2v) is 8.54. The highest BCUT2D eigenvalue weighted by Gasteiger charge is 2.49. The summed E-state index contributed by atoms with van der Waals surface area (Å²) < 4.78 is 0. The number of aromatic carboxylic acids is 1. The van der Waals surface area contributed by atoms with Crippen LogP contribution in [0.25, 0.3) is 11.0 Å². The number of rotatable bonds is 2. The minimum atomic E-state index is -0.895. The number of carbonyl (C=O) groups excluding carboxylic acids is 1. The zero-order valence-electron chi connectivity index (χ0n) is 16.5. The van der Waals surface area contributed by atoms with E-state index in [4.69, 9.17) is 0 Å². The van der Waals surface area contributed by atoms with Crippen LogP contribution in [-0.2, 0) is 11.8 Å². The minimum absolute atomic E-state index is 0.0472. The summed E-state index contributed by atoms with van der Waals surface area (Å²) in [4.78, 5) is 34.2. The van der Waals surface area contributed by atoms with Gasteiger partial charge in [0.2, 0.25) is 0 Å². The van der Waals surface area contributed by atoms with Gasteiger partial charge in [-0.2, -0.15) is 0 Å². The number of carboxylic acids is 1. The van der Waals surface area contributed by atoms with E-state index in [2.05, 4.69) is 23.8 Å². The molecule has 2 bridgehead atoms. The van der Waals surface area contributed by atoms with Gasteiger partial charge in [-0.15, -0.1) is 0 Å². The van der Waals surface area contributed by atoms with Gasteiger partial charge in [-0.05, 0) is 65.6 Å². The van der Waals surface area contributed by atoms with Crippen molar-refractivity contribution in [1.82, 2.24) is 14.9 Å². The smallest absolute Gasteiger partial charge is 0.335 e. The van der Waals surface area contributed by atoms with Crippen molar-refractivity contribution in [2.45, 2.75) is 38.1 Å². The van der Waals surface area contributed by atoms with Crippen LogP contribution in [0.2, 0.25) is 0 Å². The molecule has 2 aromatic carbocycles. The van der Waals surface area contributed by atoms with E-state index in [-0.39, 0.29) is 23.3 Å². The van der Waals surface area contributed by atoms with Gasteiger partial charge in [-0.25, -0.2) is 9.78 Å². The molecule has 1 fully saturated rings. The number of H-pyrrole nitrogens is 1. The minimum Gasteiger partial charge on any atom is -0.478 e. The summed E-state index contributed by atoms with van der Waals surface area (Å²) in [5, 5.41) is 9.40. The Hall–Kier alpha value is -3.15. The number of nitrogens with one attached hydrogen (secondary N) is 1. The number of aromatic nitrogens is 2. The van der Waals surface area contributed by atoms with Gasteiger partial charge in [0.15, 0.2) is 0 Å². The van der Waals surface area contributed by atoms with E-state index in [1.165, 1.54) is 0 Å². The largest absolute Gasteiger partial charge is 0.478 e. The maximum absolute atomic E-state index is 13.4. The van der Waals surface area contributed by atoms with Gasteiger partial charge in [-0.3, -0.25) is 4.79 Å². The summed E-state index contributed by atoms with van der Waals surface area (Å²) in [6.45, 7) is 5.08. The molecule has 1 amide bonds. The highest BCUT2D eigenvalue weighted by molar-refractivity contribution is 5.97. The molecular weight excluding hydrogens is 366 g/mol. The molecule has 6 nitrogen and oxygen atoms in total. The Morgan fingerprint density at radius 2 is 2.00 bits per heavy atom. The molecule has 5 rings (SSSR count). The van der Waals surface area contributed by atoms with Gasteiger partial charge in [-0.1, -0.05) is 19.9 Å². The monoisotopic (exact) mass is 389 g/mol. The Bertz CT molecular complexity index is 1150. The number of nitrogens with zero attached hydrogens (tertiary/aromatic N) is 2. The predicted octanol–water partition coefficient (Wildman–Crippen LogP) is 3.63. The summed E-state index contributed by atoms with van der Waals surface area (Å²) >= 11 is 0. The molecule has 2 N–H and O–H groups in total. The van der Waals surface area contributed by atoms with Crippen molar-refractivity contribution in [1.29, 1.82) is 0 Å². The van der Waals surface area contributed by atoms with Crippen LogP contribution in [0.4, 0.5) is 0 Å². The van der Waals surface area contributed by atoms with Gasteiger partial charge < -0.3 is 15.0 Å². The quantitative estimate of drug-likeness (QED) is 0.701. The van der Waals surface area contributed by atoms with E-state index in [0.717, 1.165) is 35.0 Å². The lowest BCUT2D eigenvalue weighted by atomic mass is 9.59. The Morgan fingerprint density at radius 1 is 1.21 bits per heavy atom. The molecule has 6 heteroatoms. The molecule has 1 aliphatic heterocycles. The number of likely N-dealkylation sites (tertiary alicyclic amines) is 1. The molecule has 1 saturated heterocycles. The van der Waals surface area contributed by atoms with Crippen LogP contribution in [-0.4, -0.2) is 44.4 Å². The maximum atomic E-state index is 13.4. The summed E-state index contributed by atoms with van der Waals surface area (Å²) in [5.41, 5.74) is 4.87. The molecule has 0 saturated carbocycles. The van der Waals surface area contributed by atoms with E-state index < -0.39 is 5.97 Å². The summed E-state index contributed by atoms with van der Waals surface area (Å²) in [7, 11) is 0. The molecular formula is C23H23N3O3. The molecule has 0 spiro atoms. The fourth-order valence-electron chi connectivity index (χ4n) is 5.24. The van der Waals surface area contributed by atoms with Crippen LogP contribution in [0.3, 0.4) is 0 Å². The van der Waals surface area contributed by atoms with Crippen LogP contribution >= 0.6 is 0 Å². The highest BCUT2D eigenvalue weighted by Crippen LogP contribution is 2.49. The number of hydrogen-bond acceptors (Lipinski definition) is 3. The molecule has 2 heterocycles. The number of amides is 1. The van der Waals surface area contributed by atoms with Crippen molar-refractivity contribution >= 4 is 22.9 Å². The first kappa shape index (κ1) is 17.9. The molecule has 3 aromatic rings. The standard InChI is InChI=1S/C23H23N3O3/c1-13-20-11-14-3-4-16(22(28)29)9-17(14)23(13,2)7-8-26(20)21(27)15-5-6-18-19(10-15)25-12-24-18/h3-6,9-10,12-13,20H,7-8,11H2,1-2H3,(H,24,25)(H,28,29)/t13?,20-,23-/m1/s1. The lowest BCUT2D eigenvalue weighted by molar-refractivity contribution is 0.0250. The molecule has 2 aliphatic rings. The number of fused-ring (bicyclic) bond motifs is 5. The summed E-state index contributed by atoms with van der Waals surface area (Å²) in [5.74, 6) is -0.605. The average Bonchev–Trinajstić information content (AvgIpc) is 3.18. The molecule has 3 atom stereocenters. The molecule has 29 heavy (non-hydrogen) atoms. The van der Waals surface area contributed by atoms with E-state index in [1.807, 2.05) is 35.2 Å². The van der Waals surface area contributed by atoms with Crippen molar-refractivity contribution in [2.75, 3.05) is 6.54 Å². The third kappa shape index (κ3) is 2.58. The maximum Gasteiger partial charge on any atom is 0.335 e. The van der Waals surface area contributed by atoms with Gasteiger partial charge in [0.05, 0.1) is 22.9 Å². The normalized spacial score (nSPS) is 25.7. The lowest BCUT2D eigenvalue weighted by Gasteiger charge is -2.54. The van der Waals surface area contributed by atoms with Crippen LogP contribution in [0.1, 0.15) is 52.1 Å². The topological polar surface area (TPSA) is 86.3 Å². The van der Waals surface area contributed by atoms with Crippen molar-refractivity contribution in [2.24, 2.45) is 5.92 Å². The zero-order valence-corrected chi connectivity index (χ0v) is 16.5. The Labute approximate surface area is 168 Å². The average molecular weight is 389 g/mol. The van der Waals surface area contributed by atoms with Crippen LogP contribution in [0, 0.1) is 5.92 Å². The Balaban J connectivity index is 1.51. The predicted molar refractivity (Wildman–Crippen MR) is 109 cm³/mol. The number of hydrogen-bond donors (Lipinski definition) is 2. The van der Waals surface area contributed by atoms with Gasteiger partial charge >= 0.3 is 5.97 Å². The van der Waals surface area contributed by atoms with Crippen LogP contribution < -0.4 is 0 Å². The van der Waals surface area contributed by atoms with Crippen LogP contribution in [0.15, 0.2) is 42.7 Å². The van der Waals surface area contributed by atoms with Crippen molar-refractivity contribution in [3.05, 3.63) is 65.0 Å². The number of benzene rings is 2. The molecule has 148 valence electrons. The van der Waals surface area contributed by atoms with E-state index in [0.29, 0.717) is 17.7 Å². The highest BCUT2D eigenvalue weighted by atomic mass is 16.4. The second-order valence-electron chi connectivity index (χ2n) is 8.54. The van der Waals surface area contributed by atoms with Crippen LogP contribution in [0.5, 0.6) is 0 Å². The van der Waals surface area contributed by atoms with Crippen molar-refractivity contribution in [3.8, 4) is 0 Å². The number of carboxylic acid groups (broad SMARTS) is 1. The SMILES string of the molecule is CC1[C@H]2Cc3ccc(C(=O)O)cc3[C@]1(C)CCN2C(=O)c1ccc2nc[nH]c2c1. The molecule has 1 aliphatic carbocycles. The fourth-order valence-corrected chi connectivity index (χ4v) is 5.24. The van der Waals surface area contributed by atoms with Gasteiger partial charge in [0.25, 0.3) is 5.91 Å². The fraction of sp³-hybridized carbons (Fsp3) is 0.348. The molecule has 1 unspecified atom stereocenters. The third-order valence-electron chi connectivity index (χ3n) is 7.18. The van der Waals surface area contributed by atoms with Gasteiger partial charge in [0.1, 0.15) is 0 Å². The Morgan fingerprint density at radius 3 is 2.79 bits per heavy atom. The third-order valence-corrected chi connectivity index (χ3v) is 7.18. The number of aromatic amines is 1. The Kier molecular flexibility index (Phi) is 3.81. The number of imidazole rings is 1. The van der Waals surface area contributed by atoms with Crippen molar-refractivity contribution < 1.29 is 14.7 Å². The summed E-state index contributed by atoms with van der Waals surface area (Å²) in [6.07, 6.45) is 3.21. The van der Waals surface area contributed by atoms with Gasteiger partial charge in [0, 0.05) is 18.2 Å². The van der Waals surface area contributed by atoms with E-state index >= 15 is 0 Å². The second kappa shape index (κ2) is 6.17. The van der Waals surface area contributed by atoms with Crippen molar-refractivity contribution in [3.63, 3.8) is 0 Å². The molecule has 1 aromatic heterocycles. The lowest BCUT2D eigenvalue weighted by Crippen LogP contribution is -2.59.